The standard InChI is InChI=1S/C32H26N6OS2/c1-20-3-11-24(12-4-20)28-26(15-33)17-35-31(36-28)40-18-22-7-9-23(10-8-22)19-41-32-37-29(27(16-34)30(39)38-32)25-13-5-21(2)6-14-25/h3-14H,17-19H2,1-2H3,(H,35,36)(H,37,38,39). The van der Waals surface area contributed by atoms with E-state index < -0.39 is 5.56 Å². The number of nitrogens with one attached hydrogen (secondary N) is 2. The van der Waals surface area contributed by atoms with Crippen molar-refractivity contribution in [2.45, 2.75) is 30.5 Å². The lowest BCUT2D eigenvalue weighted by Crippen LogP contribution is -2.25. The van der Waals surface area contributed by atoms with Crippen LogP contribution in [0.2, 0.25) is 0 Å². The first kappa shape index (κ1) is 28.0. The largest absolute Gasteiger partial charge is 0.334 e. The van der Waals surface area contributed by atoms with E-state index in [1.54, 1.807) is 11.8 Å². The van der Waals surface area contributed by atoms with Gasteiger partial charge in [-0.05, 0) is 30.5 Å². The molecule has 202 valence electrons. The number of benzene rings is 3. The van der Waals surface area contributed by atoms with Crippen molar-refractivity contribution in [3.05, 3.63) is 122 Å². The third kappa shape index (κ3) is 6.78. The highest BCUT2D eigenvalue weighted by atomic mass is 32.2. The van der Waals surface area contributed by atoms with Gasteiger partial charge in [0.1, 0.15) is 11.6 Å². The fourth-order valence-corrected chi connectivity index (χ4v) is 5.81. The summed E-state index contributed by atoms with van der Waals surface area (Å²) in [7, 11) is 0. The first-order valence-electron chi connectivity index (χ1n) is 12.9. The smallest absolute Gasteiger partial charge is 0.270 e. The summed E-state index contributed by atoms with van der Waals surface area (Å²) in [5.74, 6) is 1.35. The van der Waals surface area contributed by atoms with E-state index in [9.17, 15) is 15.3 Å². The minimum Gasteiger partial charge on any atom is -0.334 e. The van der Waals surface area contributed by atoms with Crippen molar-refractivity contribution < 1.29 is 0 Å². The second-order valence-electron chi connectivity index (χ2n) is 9.54. The SMILES string of the molecule is Cc1ccc(C2=C(C#N)CN=C(SCc3ccc(CSc4nc(-c5ccc(C)cc5)c(C#N)c(=O)[nH]4)cc3)N2)cc1. The molecule has 3 aromatic carbocycles. The van der Waals surface area contributed by atoms with Crippen LogP contribution in [0.5, 0.6) is 0 Å². The molecule has 0 atom stereocenters. The second-order valence-corrected chi connectivity index (χ2v) is 11.5. The van der Waals surface area contributed by atoms with Crippen LogP contribution in [-0.2, 0) is 11.5 Å². The number of thioether (sulfide) groups is 2. The van der Waals surface area contributed by atoms with E-state index in [-0.39, 0.29) is 5.56 Å². The van der Waals surface area contributed by atoms with Crippen LogP contribution >= 0.6 is 23.5 Å². The van der Waals surface area contributed by atoms with E-state index in [0.717, 1.165) is 44.4 Å². The Labute approximate surface area is 247 Å². The molecule has 0 aliphatic carbocycles. The van der Waals surface area contributed by atoms with Crippen LogP contribution in [0.1, 0.15) is 33.4 Å². The highest BCUT2D eigenvalue weighted by molar-refractivity contribution is 8.13. The van der Waals surface area contributed by atoms with E-state index in [4.69, 9.17) is 0 Å². The van der Waals surface area contributed by atoms with Crippen molar-refractivity contribution in [3.63, 3.8) is 0 Å². The molecular formula is C32H26N6OS2. The summed E-state index contributed by atoms with van der Waals surface area (Å²) in [6, 6.07) is 28.3. The summed E-state index contributed by atoms with van der Waals surface area (Å²) in [6.07, 6.45) is 0. The molecule has 7 nitrogen and oxygen atoms in total. The zero-order valence-electron chi connectivity index (χ0n) is 22.6. The lowest BCUT2D eigenvalue weighted by molar-refractivity contribution is 0.934. The van der Waals surface area contributed by atoms with Crippen LogP contribution in [0.25, 0.3) is 17.0 Å². The van der Waals surface area contributed by atoms with Gasteiger partial charge in [0.25, 0.3) is 5.56 Å². The molecule has 0 amide bonds. The quantitative estimate of drug-likeness (QED) is 0.195. The molecule has 1 aliphatic heterocycles. The van der Waals surface area contributed by atoms with Gasteiger partial charge in [-0.1, -0.05) is 107 Å². The summed E-state index contributed by atoms with van der Waals surface area (Å²) in [5, 5.41) is 23.7. The van der Waals surface area contributed by atoms with Gasteiger partial charge in [0.2, 0.25) is 0 Å². The van der Waals surface area contributed by atoms with Crippen molar-refractivity contribution in [2.75, 3.05) is 6.54 Å². The maximum absolute atomic E-state index is 12.6. The number of rotatable bonds is 7. The highest BCUT2D eigenvalue weighted by Gasteiger charge is 2.17. The number of nitrogens with zero attached hydrogens (tertiary/aromatic N) is 4. The van der Waals surface area contributed by atoms with Gasteiger partial charge in [-0.2, -0.15) is 10.5 Å². The number of hydrogen-bond acceptors (Lipinski definition) is 8. The van der Waals surface area contributed by atoms with Gasteiger partial charge < -0.3 is 10.3 Å². The molecule has 0 saturated carbocycles. The maximum atomic E-state index is 12.6. The third-order valence-electron chi connectivity index (χ3n) is 6.50. The van der Waals surface area contributed by atoms with Crippen molar-refractivity contribution in [1.29, 1.82) is 10.5 Å². The predicted molar refractivity (Wildman–Crippen MR) is 166 cm³/mol. The van der Waals surface area contributed by atoms with E-state index in [1.807, 2.05) is 68.4 Å². The van der Waals surface area contributed by atoms with Gasteiger partial charge in [0.05, 0.1) is 29.6 Å². The highest BCUT2D eigenvalue weighted by Crippen LogP contribution is 2.26. The Balaban J connectivity index is 1.20. The Morgan fingerprint density at radius 3 is 1.98 bits per heavy atom. The van der Waals surface area contributed by atoms with E-state index >= 15 is 0 Å². The molecule has 41 heavy (non-hydrogen) atoms. The Hall–Kier alpha value is -4.57. The molecular weight excluding hydrogens is 549 g/mol. The molecule has 0 unspecified atom stereocenters. The van der Waals surface area contributed by atoms with Gasteiger partial charge in [-0.15, -0.1) is 0 Å². The number of aryl methyl sites for hydroxylation is 2. The van der Waals surface area contributed by atoms with Crippen molar-refractivity contribution in [3.8, 4) is 23.4 Å². The molecule has 1 aromatic heterocycles. The lowest BCUT2D eigenvalue weighted by Gasteiger charge is -2.19. The van der Waals surface area contributed by atoms with Gasteiger partial charge in [0.15, 0.2) is 10.3 Å². The molecule has 0 radical (unpaired) electrons. The van der Waals surface area contributed by atoms with E-state index in [2.05, 4.69) is 50.6 Å². The molecule has 0 bridgehead atoms. The normalized spacial score (nSPS) is 12.7. The molecule has 0 saturated heterocycles. The van der Waals surface area contributed by atoms with Gasteiger partial charge >= 0.3 is 0 Å². The van der Waals surface area contributed by atoms with Crippen molar-refractivity contribution in [2.24, 2.45) is 4.99 Å². The van der Waals surface area contributed by atoms with Crippen LogP contribution in [-0.4, -0.2) is 21.7 Å². The molecule has 4 aromatic rings. The molecule has 5 rings (SSSR count). The molecule has 0 fully saturated rings. The first-order valence-corrected chi connectivity index (χ1v) is 14.9. The Bertz CT molecular complexity index is 1780. The first-order chi connectivity index (χ1) is 19.9. The van der Waals surface area contributed by atoms with Crippen LogP contribution < -0.4 is 10.9 Å². The number of hydrogen-bond donors (Lipinski definition) is 2. The topological polar surface area (TPSA) is 118 Å². The monoisotopic (exact) mass is 574 g/mol. The van der Waals surface area contributed by atoms with Crippen LogP contribution in [0.4, 0.5) is 0 Å². The van der Waals surface area contributed by atoms with E-state index in [1.165, 1.54) is 17.3 Å². The van der Waals surface area contributed by atoms with Crippen molar-refractivity contribution in [1.82, 2.24) is 15.3 Å². The molecule has 2 heterocycles. The molecule has 0 spiro atoms. The number of H-pyrrole nitrogens is 1. The zero-order chi connectivity index (χ0) is 28.8. The van der Waals surface area contributed by atoms with Gasteiger partial charge in [0, 0.05) is 17.1 Å². The summed E-state index contributed by atoms with van der Waals surface area (Å²) in [6.45, 7) is 4.39. The summed E-state index contributed by atoms with van der Waals surface area (Å²) in [5.41, 5.74) is 7.63. The predicted octanol–water partition coefficient (Wildman–Crippen LogP) is 6.35. The number of amidine groups is 1. The summed E-state index contributed by atoms with van der Waals surface area (Å²) < 4.78 is 0. The average molecular weight is 575 g/mol. The van der Waals surface area contributed by atoms with Crippen LogP contribution in [0.15, 0.2) is 93.3 Å². The fourth-order valence-electron chi connectivity index (χ4n) is 4.17. The van der Waals surface area contributed by atoms with Gasteiger partial charge in [-0.3, -0.25) is 9.79 Å². The molecule has 9 heteroatoms. The Morgan fingerprint density at radius 2 is 1.39 bits per heavy atom. The molecule has 2 N–H and O–H groups in total. The zero-order valence-corrected chi connectivity index (χ0v) is 24.2. The Kier molecular flexibility index (Phi) is 8.69. The number of nitriles is 2. The van der Waals surface area contributed by atoms with Crippen LogP contribution in [0, 0.1) is 36.5 Å². The Morgan fingerprint density at radius 1 is 0.805 bits per heavy atom. The average Bonchev–Trinajstić information content (AvgIpc) is 3.00. The number of aliphatic imine (C=N–C) groups is 1. The lowest BCUT2D eigenvalue weighted by atomic mass is 10.0. The maximum Gasteiger partial charge on any atom is 0.270 e. The minimum absolute atomic E-state index is 0.0161. The van der Waals surface area contributed by atoms with E-state index in [0.29, 0.717) is 28.7 Å². The number of aromatic nitrogens is 2. The van der Waals surface area contributed by atoms with Gasteiger partial charge in [-0.25, -0.2) is 4.98 Å². The minimum atomic E-state index is -0.436. The molecule has 1 aliphatic rings. The van der Waals surface area contributed by atoms with Crippen molar-refractivity contribution >= 4 is 34.4 Å². The second kappa shape index (κ2) is 12.7. The summed E-state index contributed by atoms with van der Waals surface area (Å²) >= 11 is 3.02. The fraction of sp³-hybridized carbons (Fsp3) is 0.156. The number of aromatic amines is 1. The third-order valence-corrected chi connectivity index (χ3v) is 8.42. The van der Waals surface area contributed by atoms with Crippen LogP contribution in [0.3, 0.4) is 0 Å². The summed E-state index contributed by atoms with van der Waals surface area (Å²) in [4.78, 5) is 24.5.